The van der Waals surface area contributed by atoms with Gasteiger partial charge in [0.25, 0.3) is 5.91 Å². The molecule has 2 aromatic heterocycles. The lowest BCUT2D eigenvalue weighted by Gasteiger charge is -2.01. The Balaban J connectivity index is 2.00. The van der Waals surface area contributed by atoms with Gasteiger partial charge < -0.3 is 9.84 Å². The van der Waals surface area contributed by atoms with Crippen molar-refractivity contribution in [3.8, 4) is 0 Å². The highest BCUT2D eigenvalue weighted by Gasteiger charge is 2.14. The highest BCUT2D eigenvalue weighted by molar-refractivity contribution is 5.90. The Bertz CT molecular complexity index is 538. The third kappa shape index (κ3) is 2.39. The van der Waals surface area contributed by atoms with Crippen LogP contribution in [0.15, 0.2) is 4.52 Å². The van der Waals surface area contributed by atoms with Gasteiger partial charge >= 0.3 is 0 Å². The fourth-order valence-corrected chi connectivity index (χ4v) is 1.56. The van der Waals surface area contributed by atoms with Crippen molar-refractivity contribution in [2.45, 2.75) is 33.7 Å². The molecule has 0 unspecified atom stereocenters. The molecule has 2 aromatic rings. The SMILES string of the molecule is CCc1nc(C(=O)NCc2c(C)noc2C)n[nH]1. The van der Waals surface area contributed by atoms with E-state index in [0.29, 0.717) is 24.6 Å². The number of aromatic amines is 1. The summed E-state index contributed by atoms with van der Waals surface area (Å²) in [4.78, 5) is 15.8. The molecule has 0 saturated carbocycles. The molecule has 0 spiro atoms. The third-order valence-electron chi connectivity index (χ3n) is 2.68. The molecule has 0 radical (unpaired) electrons. The smallest absolute Gasteiger partial charge is 0.291 e. The van der Waals surface area contributed by atoms with E-state index in [9.17, 15) is 4.79 Å². The second-order valence-corrected chi connectivity index (χ2v) is 3.94. The average Bonchev–Trinajstić information content (AvgIpc) is 2.95. The highest BCUT2D eigenvalue weighted by Crippen LogP contribution is 2.11. The van der Waals surface area contributed by atoms with E-state index < -0.39 is 0 Å². The number of carbonyl (C=O) groups excluding carboxylic acids is 1. The zero-order valence-electron chi connectivity index (χ0n) is 10.6. The Morgan fingerprint density at radius 1 is 1.44 bits per heavy atom. The number of aromatic nitrogens is 4. The number of nitrogens with one attached hydrogen (secondary N) is 2. The van der Waals surface area contributed by atoms with E-state index >= 15 is 0 Å². The van der Waals surface area contributed by atoms with Crippen LogP contribution in [0.25, 0.3) is 0 Å². The molecule has 0 fully saturated rings. The number of amides is 1. The molecular formula is C11H15N5O2. The van der Waals surface area contributed by atoms with Crippen LogP contribution in [0, 0.1) is 13.8 Å². The van der Waals surface area contributed by atoms with E-state index in [-0.39, 0.29) is 11.7 Å². The van der Waals surface area contributed by atoms with Crippen LogP contribution in [0.2, 0.25) is 0 Å². The van der Waals surface area contributed by atoms with Crippen LogP contribution < -0.4 is 5.32 Å². The first kappa shape index (κ1) is 12.3. The molecule has 0 aliphatic rings. The van der Waals surface area contributed by atoms with Crippen molar-refractivity contribution < 1.29 is 9.32 Å². The molecular weight excluding hydrogens is 234 g/mol. The van der Waals surface area contributed by atoms with Crippen LogP contribution in [-0.2, 0) is 13.0 Å². The van der Waals surface area contributed by atoms with Crippen molar-refractivity contribution in [3.05, 3.63) is 28.7 Å². The summed E-state index contributed by atoms with van der Waals surface area (Å²) in [5.74, 6) is 1.24. The van der Waals surface area contributed by atoms with E-state index in [4.69, 9.17) is 4.52 Å². The van der Waals surface area contributed by atoms with Gasteiger partial charge in [-0.2, -0.15) is 0 Å². The minimum absolute atomic E-state index is 0.151. The van der Waals surface area contributed by atoms with Gasteiger partial charge in [0.05, 0.1) is 5.69 Å². The lowest BCUT2D eigenvalue weighted by molar-refractivity contribution is 0.0940. The Morgan fingerprint density at radius 3 is 2.78 bits per heavy atom. The molecule has 0 aliphatic carbocycles. The summed E-state index contributed by atoms with van der Waals surface area (Å²) in [6.07, 6.45) is 0.712. The summed E-state index contributed by atoms with van der Waals surface area (Å²) >= 11 is 0. The second-order valence-electron chi connectivity index (χ2n) is 3.94. The van der Waals surface area contributed by atoms with Gasteiger partial charge in [-0.3, -0.25) is 9.89 Å². The molecule has 1 amide bonds. The standard InChI is InChI=1S/C11H15N5O2/c1-4-9-13-10(15-14-9)11(17)12-5-8-6(2)16-18-7(8)3/h4-5H2,1-3H3,(H,12,17)(H,13,14,15). The molecule has 2 N–H and O–H groups in total. The van der Waals surface area contributed by atoms with E-state index in [0.717, 1.165) is 11.3 Å². The van der Waals surface area contributed by atoms with E-state index in [2.05, 4.69) is 25.7 Å². The Morgan fingerprint density at radius 2 is 2.22 bits per heavy atom. The zero-order chi connectivity index (χ0) is 13.1. The van der Waals surface area contributed by atoms with Crippen molar-refractivity contribution in [1.82, 2.24) is 25.7 Å². The van der Waals surface area contributed by atoms with Crippen LogP contribution in [0.5, 0.6) is 0 Å². The number of aryl methyl sites for hydroxylation is 3. The van der Waals surface area contributed by atoms with Gasteiger partial charge in [-0.05, 0) is 13.8 Å². The van der Waals surface area contributed by atoms with Crippen LogP contribution in [0.3, 0.4) is 0 Å². The second kappa shape index (κ2) is 4.99. The first-order valence-corrected chi connectivity index (χ1v) is 5.73. The van der Waals surface area contributed by atoms with Crippen molar-refractivity contribution in [2.75, 3.05) is 0 Å². The van der Waals surface area contributed by atoms with Gasteiger partial charge in [0.15, 0.2) is 0 Å². The fraction of sp³-hybridized carbons (Fsp3) is 0.455. The lowest BCUT2D eigenvalue weighted by atomic mass is 10.2. The summed E-state index contributed by atoms with van der Waals surface area (Å²) < 4.78 is 5.02. The first-order chi connectivity index (χ1) is 8.61. The first-order valence-electron chi connectivity index (χ1n) is 5.73. The van der Waals surface area contributed by atoms with Crippen molar-refractivity contribution >= 4 is 5.91 Å². The van der Waals surface area contributed by atoms with Crippen molar-refractivity contribution in [2.24, 2.45) is 0 Å². The number of carbonyl (C=O) groups is 1. The van der Waals surface area contributed by atoms with Crippen LogP contribution >= 0.6 is 0 Å². The van der Waals surface area contributed by atoms with Crippen molar-refractivity contribution in [3.63, 3.8) is 0 Å². The van der Waals surface area contributed by atoms with Gasteiger partial charge in [0, 0.05) is 18.5 Å². The van der Waals surface area contributed by atoms with Crippen LogP contribution in [-0.4, -0.2) is 26.2 Å². The summed E-state index contributed by atoms with van der Waals surface area (Å²) in [5.41, 5.74) is 1.66. The quantitative estimate of drug-likeness (QED) is 0.839. The van der Waals surface area contributed by atoms with Crippen molar-refractivity contribution in [1.29, 1.82) is 0 Å². The Hall–Kier alpha value is -2.18. The topological polar surface area (TPSA) is 96.7 Å². The molecule has 7 nitrogen and oxygen atoms in total. The molecule has 96 valence electrons. The molecule has 18 heavy (non-hydrogen) atoms. The predicted molar refractivity (Wildman–Crippen MR) is 62.9 cm³/mol. The minimum Gasteiger partial charge on any atom is -0.361 e. The molecule has 0 saturated heterocycles. The molecule has 0 aliphatic heterocycles. The van der Waals surface area contributed by atoms with Gasteiger partial charge in [0.1, 0.15) is 11.6 Å². The molecule has 0 aromatic carbocycles. The molecule has 2 rings (SSSR count). The Kier molecular flexibility index (Phi) is 3.40. The normalized spacial score (nSPS) is 10.6. The summed E-state index contributed by atoms with van der Waals surface area (Å²) in [7, 11) is 0. The highest BCUT2D eigenvalue weighted by atomic mass is 16.5. The number of H-pyrrole nitrogens is 1. The van der Waals surface area contributed by atoms with Gasteiger partial charge in [-0.15, -0.1) is 5.10 Å². The third-order valence-corrected chi connectivity index (χ3v) is 2.68. The monoisotopic (exact) mass is 249 g/mol. The fourth-order valence-electron chi connectivity index (χ4n) is 1.56. The summed E-state index contributed by atoms with van der Waals surface area (Å²) in [5, 5.41) is 13.1. The number of hydrogen-bond donors (Lipinski definition) is 2. The predicted octanol–water partition coefficient (Wildman–Crippen LogP) is 0.902. The maximum atomic E-state index is 11.8. The molecule has 0 atom stereocenters. The Labute approximate surface area is 104 Å². The number of hydrogen-bond acceptors (Lipinski definition) is 5. The van der Waals surface area contributed by atoms with Gasteiger partial charge in [0.2, 0.25) is 5.82 Å². The maximum absolute atomic E-state index is 11.8. The van der Waals surface area contributed by atoms with Gasteiger partial charge in [-0.1, -0.05) is 12.1 Å². The molecule has 2 heterocycles. The summed E-state index contributed by atoms with van der Waals surface area (Å²) in [6.45, 7) is 5.94. The minimum atomic E-state index is -0.314. The number of nitrogens with zero attached hydrogens (tertiary/aromatic N) is 3. The summed E-state index contributed by atoms with van der Waals surface area (Å²) in [6, 6.07) is 0. The molecule has 7 heteroatoms. The molecule has 0 bridgehead atoms. The van der Waals surface area contributed by atoms with E-state index in [1.54, 1.807) is 0 Å². The van der Waals surface area contributed by atoms with Crippen LogP contribution in [0.1, 0.15) is 40.4 Å². The number of rotatable bonds is 4. The average molecular weight is 249 g/mol. The van der Waals surface area contributed by atoms with Gasteiger partial charge in [-0.25, -0.2) is 4.98 Å². The maximum Gasteiger partial charge on any atom is 0.291 e. The zero-order valence-corrected chi connectivity index (χ0v) is 10.6. The van der Waals surface area contributed by atoms with Crippen LogP contribution in [0.4, 0.5) is 0 Å². The largest absolute Gasteiger partial charge is 0.361 e. The van der Waals surface area contributed by atoms with E-state index in [1.807, 2.05) is 20.8 Å². The lowest BCUT2D eigenvalue weighted by Crippen LogP contribution is -2.24. The van der Waals surface area contributed by atoms with E-state index in [1.165, 1.54) is 0 Å².